The van der Waals surface area contributed by atoms with E-state index in [4.69, 9.17) is 0 Å². The second kappa shape index (κ2) is 2.33. The van der Waals surface area contributed by atoms with Crippen LogP contribution >= 0.6 is 11.5 Å². The number of hydrogen-bond donors (Lipinski definition) is 0. The Morgan fingerprint density at radius 3 is 3.09 bits per heavy atom. The SMILES string of the molecule is [O-][N+]1(c2csnn2)C=NCC1. The van der Waals surface area contributed by atoms with Crippen LogP contribution in [-0.4, -0.2) is 29.0 Å². The first kappa shape index (κ1) is 6.84. The molecule has 1 aromatic heterocycles. The fourth-order valence-electron chi connectivity index (χ4n) is 0.952. The molecule has 0 fully saturated rings. The molecule has 1 aliphatic rings. The highest BCUT2D eigenvalue weighted by Gasteiger charge is 2.24. The molecule has 0 saturated heterocycles. The van der Waals surface area contributed by atoms with E-state index in [1.54, 1.807) is 5.38 Å². The first-order valence-corrected chi connectivity index (χ1v) is 4.02. The van der Waals surface area contributed by atoms with Gasteiger partial charge in [0.05, 0.1) is 11.9 Å². The van der Waals surface area contributed by atoms with Gasteiger partial charge in [0.25, 0.3) is 5.82 Å². The lowest BCUT2D eigenvalue weighted by atomic mass is 10.5. The van der Waals surface area contributed by atoms with Gasteiger partial charge < -0.3 is 5.21 Å². The fourth-order valence-corrected chi connectivity index (χ4v) is 1.45. The zero-order valence-corrected chi connectivity index (χ0v) is 6.49. The van der Waals surface area contributed by atoms with Crippen molar-refractivity contribution in [1.29, 1.82) is 0 Å². The summed E-state index contributed by atoms with van der Waals surface area (Å²) in [4.78, 5) is 3.86. The quantitative estimate of drug-likeness (QED) is 0.452. The molecule has 0 radical (unpaired) electrons. The van der Waals surface area contributed by atoms with E-state index in [0.29, 0.717) is 18.9 Å². The Hall–Kier alpha value is -0.850. The standard InChI is InChI=1S/C5H6N4OS/c10-9(2-1-6-4-9)5-3-11-8-7-5/h3-4H,1-2H2. The Morgan fingerprint density at radius 1 is 1.64 bits per heavy atom. The number of aliphatic imine (C=N–C) groups is 1. The van der Waals surface area contributed by atoms with Crippen molar-refractivity contribution in [3.05, 3.63) is 10.6 Å². The van der Waals surface area contributed by atoms with Crippen LogP contribution in [0.4, 0.5) is 5.82 Å². The van der Waals surface area contributed by atoms with Gasteiger partial charge in [-0.2, -0.15) is 0 Å². The average Bonchev–Trinajstić information content (AvgIpc) is 2.55. The number of nitrogens with zero attached hydrogens (tertiary/aromatic N) is 4. The van der Waals surface area contributed by atoms with Crippen molar-refractivity contribution < 1.29 is 0 Å². The minimum Gasteiger partial charge on any atom is -0.620 e. The second-order valence-corrected chi connectivity index (χ2v) is 2.91. The van der Waals surface area contributed by atoms with E-state index in [-0.39, 0.29) is 0 Å². The maximum absolute atomic E-state index is 11.7. The molecule has 1 aliphatic heterocycles. The van der Waals surface area contributed by atoms with Crippen LogP contribution in [-0.2, 0) is 0 Å². The summed E-state index contributed by atoms with van der Waals surface area (Å²) < 4.78 is 3.08. The van der Waals surface area contributed by atoms with Gasteiger partial charge in [0.1, 0.15) is 6.54 Å². The molecule has 2 heterocycles. The smallest absolute Gasteiger partial charge is 0.265 e. The molecule has 1 atom stereocenters. The van der Waals surface area contributed by atoms with Crippen molar-refractivity contribution in [1.82, 2.24) is 14.2 Å². The molecule has 0 amide bonds. The number of aromatic nitrogens is 2. The van der Waals surface area contributed by atoms with Crippen LogP contribution in [0.15, 0.2) is 10.4 Å². The van der Waals surface area contributed by atoms with Crippen molar-refractivity contribution >= 4 is 23.7 Å². The van der Waals surface area contributed by atoms with E-state index >= 15 is 0 Å². The number of hydrogen-bond acceptors (Lipinski definition) is 5. The third-order valence-corrected chi connectivity index (χ3v) is 2.06. The molecule has 58 valence electrons. The molecule has 1 unspecified atom stereocenters. The summed E-state index contributed by atoms with van der Waals surface area (Å²) in [5, 5.41) is 17.0. The molecule has 0 aliphatic carbocycles. The molecule has 5 nitrogen and oxygen atoms in total. The summed E-state index contributed by atoms with van der Waals surface area (Å²) >= 11 is 1.19. The monoisotopic (exact) mass is 170 g/mol. The maximum atomic E-state index is 11.7. The summed E-state index contributed by atoms with van der Waals surface area (Å²) in [6.07, 6.45) is 1.37. The first-order chi connectivity index (χ1) is 5.31. The molecule has 1 aromatic rings. The summed E-state index contributed by atoms with van der Waals surface area (Å²) in [7, 11) is 0. The number of rotatable bonds is 1. The highest BCUT2D eigenvalue weighted by atomic mass is 32.1. The Kier molecular flexibility index (Phi) is 1.45. The van der Waals surface area contributed by atoms with Gasteiger partial charge in [-0.25, -0.2) is 4.99 Å². The second-order valence-electron chi connectivity index (χ2n) is 2.30. The molecular formula is C5H6N4OS. The molecule has 11 heavy (non-hydrogen) atoms. The normalized spacial score (nSPS) is 29.5. The largest absolute Gasteiger partial charge is 0.620 e. The summed E-state index contributed by atoms with van der Waals surface area (Å²) in [6, 6.07) is 0. The van der Waals surface area contributed by atoms with E-state index in [9.17, 15) is 5.21 Å². The highest BCUT2D eigenvalue weighted by Crippen LogP contribution is 2.19. The first-order valence-electron chi connectivity index (χ1n) is 3.19. The number of quaternary nitrogens is 1. The van der Waals surface area contributed by atoms with Crippen LogP contribution in [0, 0.1) is 5.21 Å². The molecule has 0 spiro atoms. The lowest BCUT2D eigenvalue weighted by Crippen LogP contribution is -2.39. The zero-order valence-electron chi connectivity index (χ0n) is 5.67. The van der Waals surface area contributed by atoms with Gasteiger partial charge in [-0.3, -0.25) is 4.65 Å². The Morgan fingerprint density at radius 2 is 2.55 bits per heavy atom. The molecule has 2 rings (SSSR count). The Bertz CT molecular complexity index is 272. The predicted molar refractivity (Wildman–Crippen MR) is 43.3 cm³/mol. The third-order valence-electron chi connectivity index (χ3n) is 1.57. The summed E-state index contributed by atoms with van der Waals surface area (Å²) in [6.45, 7) is 1.03. The van der Waals surface area contributed by atoms with E-state index in [1.807, 2.05) is 0 Å². The molecule has 0 N–H and O–H groups in total. The van der Waals surface area contributed by atoms with Crippen molar-refractivity contribution in [3.8, 4) is 0 Å². The van der Waals surface area contributed by atoms with Gasteiger partial charge in [0.2, 0.25) is 0 Å². The zero-order chi connectivity index (χ0) is 7.73. The summed E-state index contributed by atoms with van der Waals surface area (Å²) in [5.41, 5.74) is 0. The Balaban J connectivity index is 2.35. The lowest BCUT2D eigenvalue weighted by molar-refractivity contribution is 0.583. The van der Waals surface area contributed by atoms with Crippen molar-refractivity contribution in [2.75, 3.05) is 13.1 Å². The van der Waals surface area contributed by atoms with Gasteiger partial charge >= 0.3 is 0 Å². The molecule has 6 heteroatoms. The predicted octanol–water partition coefficient (Wildman–Crippen LogP) is 0.385. The minimum absolute atomic E-state index is 0.441. The van der Waals surface area contributed by atoms with Gasteiger partial charge in [-0.1, -0.05) is 9.59 Å². The summed E-state index contributed by atoms with van der Waals surface area (Å²) in [5.74, 6) is 0.441. The van der Waals surface area contributed by atoms with E-state index in [0.717, 1.165) is 0 Å². The van der Waals surface area contributed by atoms with Crippen molar-refractivity contribution in [2.45, 2.75) is 0 Å². The maximum Gasteiger partial charge on any atom is 0.265 e. The highest BCUT2D eigenvalue weighted by molar-refractivity contribution is 7.03. The van der Waals surface area contributed by atoms with E-state index in [2.05, 4.69) is 14.6 Å². The minimum atomic E-state index is -0.545. The van der Waals surface area contributed by atoms with Crippen LogP contribution in [0.2, 0.25) is 0 Å². The van der Waals surface area contributed by atoms with Crippen LogP contribution in [0.3, 0.4) is 0 Å². The van der Waals surface area contributed by atoms with Crippen molar-refractivity contribution in [2.24, 2.45) is 4.99 Å². The van der Waals surface area contributed by atoms with Crippen LogP contribution in [0.25, 0.3) is 0 Å². The lowest BCUT2D eigenvalue weighted by Gasteiger charge is -2.29. The molecule has 0 aromatic carbocycles. The molecule has 0 saturated carbocycles. The average molecular weight is 170 g/mol. The van der Waals surface area contributed by atoms with Crippen LogP contribution in [0.1, 0.15) is 0 Å². The van der Waals surface area contributed by atoms with Crippen LogP contribution in [0.5, 0.6) is 0 Å². The van der Waals surface area contributed by atoms with Gasteiger partial charge in [0.15, 0.2) is 6.34 Å². The fraction of sp³-hybridized carbons (Fsp3) is 0.400. The third kappa shape index (κ3) is 1.05. The van der Waals surface area contributed by atoms with E-state index in [1.165, 1.54) is 17.9 Å². The van der Waals surface area contributed by atoms with Gasteiger partial charge in [0, 0.05) is 0 Å². The number of hydroxylamine groups is 2. The molecular weight excluding hydrogens is 164 g/mol. The van der Waals surface area contributed by atoms with E-state index < -0.39 is 4.65 Å². The van der Waals surface area contributed by atoms with Gasteiger partial charge in [-0.05, 0) is 11.5 Å². The topological polar surface area (TPSA) is 61.2 Å². The van der Waals surface area contributed by atoms with Crippen molar-refractivity contribution in [3.63, 3.8) is 0 Å². The van der Waals surface area contributed by atoms with Gasteiger partial charge in [-0.15, -0.1) is 0 Å². The molecule has 0 bridgehead atoms. The Labute approximate surface area is 67.3 Å². The van der Waals surface area contributed by atoms with Crippen LogP contribution < -0.4 is 4.65 Å².